The van der Waals surface area contributed by atoms with E-state index in [0.29, 0.717) is 11.6 Å². The monoisotopic (exact) mass is 239 g/mol. The molecule has 0 aliphatic heterocycles. The average Bonchev–Trinajstić information content (AvgIpc) is 2.93. The summed E-state index contributed by atoms with van der Waals surface area (Å²) in [7, 11) is 0. The van der Waals surface area contributed by atoms with Crippen molar-refractivity contribution in [3.63, 3.8) is 0 Å². The van der Waals surface area contributed by atoms with Crippen LogP contribution in [0.3, 0.4) is 0 Å². The van der Waals surface area contributed by atoms with Crippen LogP contribution < -0.4 is 4.74 Å². The van der Waals surface area contributed by atoms with E-state index in [-0.39, 0.29) is 6.10 Å². The van der Waals surface area contributed by atoms with Gasteiger partial charge in [-0.3, -0.25) is 0 Å². The summed E-state index contributed by atoms with van der Waals surface area (Å²) in [5.41, 5.74) is 0. The summed E-state index contributed by atoms with van der Waals surface area (Å²) in [5, 5.41) is 15.8. The van der Waals surface area contributed by atoms with Gasteiger partial charge >= 0.3 is 0 Å². The predicted octanol–water partition coefficient (Wildman–Crippen LogP) is 2.29. The Hall–Kier alpha value is -2.43. The molecule has 1 aromatic heterocycles. The van der Waals surface area contributed by atoms with Gasteiger partial charge in [-0.2, -0.15) is 0 Å². The van der Waals surface area contributed by atoms with Crippen molar-refractivity contribution >= 4 is 10.8 Å². The summed E-state index contributed by atoms with van der Waals surface area (Å²) in [6.45, 7) is 1.89. The number of hydrogen-bond donors (Lipinski definition) is 1. The summed E-state index contributed by atoms with van der Waals surface area (Å²) >= 11 is 0. The Morgan fingerprint density at radius 1 is 1.28 bits per heavy atom. The summed E-state index contributed by atoms with van der Waals surface area (Å²) in [6.07, 6.45) is -0.248. The summed E-state index contributed by atoms with van der Waals surface area (Å²) in [6, 6.07) is 15.0. The number of rotatable bonds is 3. The third-order valence-electron chi connectivity index (χ3n) is 2.72. The maximum atomic E-state index is 5.84. The Morgan fingerprint density at radius 2 is 2.17 bits per heavy atom. The molecule has 0 spiro atoms. The van der Waals surface area contributed by atoms with Crippen molar-refractivity contribution in [2.75, 3.05) is 0 Å². The highest BCUT2D eigenvalue weighted by atomic mass is 16.5. The maximum Gasteiger partial charge on any atom is 0.189 e. The van der Waals surface area contributed by atoms with E-state index in [1.54, 1.807) is 0 Å². The Bertz CT molecular complexity index is 646. The lowest BCUT2D eigenvalue weighted by Gasteiger charge is -2.13. The second kappa shape index (κ2) is 4.44. The van der Waals surface area contributed by atoms with Crippen LogP contribution >= 0.6 is 0 Å². The highest BCUT2D eigenvalue weighted by Gasteiger charge is 2.12. The van der Waals surface area contributed by atoms with E-state index in [2.05, 4.69) is 26.7 Å². The first kappa shape index (κ1) is 10.7. The zero-order valence-electron chi connectivity index (χ0n) is 9.79. The number of benzene rings is 2. The fraction of sp³-hybridized carbons (Fsp3) is 0.154. The van der Waals surface area contributed by atoms with Gasteiger partial charge in [0.15, 0.2) is 11.9 Å². The van der Waals surface area contributed by atoms with Crippen molar-refractivity contribution in [1.29, 1.82) is 0 Å². The van der Waals surface area contributed by atoms with Gasteiger partial charge < -0.3 is 4.74 Å². The predicted molar refractivity (Wildman–Crippen MR) is 66.0 cm³/mol. The molecule has 18 heavy (non-hydrogen) atoms. The first-order valence-corrected chi connectivity index (χ1v) is 5.64. The molecule has 0 fully saturated rings. The Kier molecular flexibility index (Phi) is 2.64. The zero-order chi connectivity index (χ0) is 12.4. The van der Waals surface area contributed by atoms with Gasteiger partial charge in [-0.15, -0.1) is 5.10 Å². The van der Waals surface area contributed by atoms with Crippen LogP contribution in [-0.2, 0) is 0 Å². The van der Waals surface area contributed by atoms with Crippen LogP contribution in [0.5, 0.6) is 5.75 Å². The van der Waals surface area contributed by atoms with Gasteiger partial charge in [0.05, 0.1) is 0 Å². The quantitative estimate of drug-likeness (QED) is 0.761. The van der Waals surface area contributed by atoms with Gasteiger partial charge in [0.25, 0.3) is 0 Å². The molecular weight excluding hydrogens is 228 g/mol. The fourth-order valence-corrected chi connectivity index (χ4v) is 1.80. The lowest BCUT2D eigenvalue weighted by molar-refractivity contribution is 0.219. The Balaban J connectivity index is 1.95. The molecule has 3 aromatic rings. The van der Waals surface area contributed by atoms with Gasteiger partial charge in [0.2, 0.25) is 0 Å². The van der Waals surface area contributed by atoms with Crippen LogP contribution in [0.25, 0.3) is 10.8 Å². The molecule has 1 unspecified atom stereocenters. The average molecular weight is 239 g/mol. The minimum atomic E-state index is -0.248. The Morgan fingerprint density at radius 3 is 3.00 bits per heavy atom. The summed E-state index contributed by atoms with van der Waals surface area (Å²) in [5.74, 6) is 1.30. The largest absolute Gasteiger partial charge is 0.481 e. The summed E-state index contributed by atoms with van der Waals surface area (Å²) in [4.78, 5) is 0. The molecule has 0 aliphatic carbocycles. The second-order valence-electron chi connectivity index (χ2n) is 3.94. The van der Waals surface area contributed by atoms with E-state index in [1.165, 1.54) is 0 Å². The van der Waals surface area contributed by atoms with Crippen LogP contribution in [0.15, 0.2) is 36.4 Å². The van der Waals surface area contributed by atoms with Gasteiger partial charge in [0, 0.05) is 11.5 Å². The normalized spacial score (nSPS) is 12.5. The highest BCUT2D eigenvalue weighted by molar-refractivity contribution is 5.87. The molecule has 89 valence electrons. The molecule has 2 aromatic carbocycles. The standard InChI is InChI=1S/C13H11N4O/c1-9(13-14-16-17-15-13)18-12-8-4-6-10-5-2-3-7-11(10)12/h2-7,9H,1H3,(H,14,15,16,17). The number of ether oxygens (including phenoxy) is 1. The minimum Gasteiger partial charge on any atom is -0.481 e. The van der Waals surface area contributed by atoms with Gasteiger partial charge in [-0.05, 0) is 28.8 Å². The van der Waals surface area contributed by atoms with E-state index in [0.717, 1.165) is 10.8 Å². The molecule has 0 amide bonds. The molecule has 1 radical (unpaired) electrons. The van der Waals surface area contributed by atoms with E-state index in [9.17, 15) is 0 Å². The number of aromatic nitrogens is 4. The molecule has 5 heteroatoms. The van der Waals surface area contributed by atoms with Crippen LogP contribution in [-0.4, -0.2) is 20.6 Å². The lowest BCUT2D eigenvalue weighted by Crippen LogP contribution is -2.05. The fourth-order valence-electron chi connectivity index (χ4n) is 1.80. The number of H-pyrrole nitrogens is 1. The van der Waals surface area contributed by atoms with Gasteiger partial charge in [-0.1, -0.05) is 30.3 Å². The molecule has 0 bridgehead atoms. The number of nitrogens with zero attached hydrogens (tertiary/aromatic N) is 3. The van der Waals surface area contributed by atoms with Crippen LogP contribution in [0.1, 0.15) is 18.9 Å². The first-order valence-electron chi connectivity index (χ1n) is 5.64. The lowest BCUT2D eigenvalue weighted by atomic mass is 10.1. The third-order valence-corrected chi connectivity index (χ3v) is 2.72. The second-order valence-corrected chi connectivity index (χ2v) is 3.94. The smallest absolute Gasteiger partial charge is 0.189 e. The number of tetrazole rings is 1. The van der Waals surface area contributed by atoms with Crippen LogP contribution in [0.2, 0.25) is 0 Å². The van der Waals surface area contributed by atoms with Crippen molar-refractivity contribution in [1.82, 2.24) is 20.6 Å². The molecule has 0 aliphatic rings. The molecular formula is C13H11N4O. The third kappa shape index (κ3) is 1.90. The van der Waals surface area contributed by atoms with Crippen molar-refractivity contribution in [3.8, 4) is 5.75 Å². The number of hydrogen-bond acceptors (Lipinski definition) is 4. The van der Waals surface area contributed by atoms with Crippen molar-refractivity contribution in [2.45, 2.75) is 13.0 Å². The molecule has 3 rings (SSSR count). The van der Waals surface area contributed by atoms with Gasteiger partial charge in [0.1, 0.15) is 5.75 Å². The molecule has 0 saturated carbocycles. The SMILES string of the molecule is CC(Oc1[c]ccc2ccccc12)c1nnn[nH]1. The van der Waals surface area contributed by atoms with Gasteiger partial charge in [-0.25, -0.2) is 5.10 Å². The Labute approximate surface area is 104 Å². The molecule has 5 nitrogen and oxygen atoms in total. The van der Waals surface area contributed by atoms with Crippen LogP contribution in [0.4, 0.5) is 0 Å². The van der Waals surface area contributed by atoms with Crippen molar-refractivity contribution in [3.05, 3.63) is 48.3 Å². The maximum absolute atomic E-state index is 5.84. The van der Waals surface area contributed by atoms with Crippen molar-refractivity contribution < 1.29 is 4.74 Å². The minimum absolute atomic E-state index is 0.248. The van der Waals surface area contributed by atoms with E-state index < -0.39 is 0 Å². The van der Waals surface area contributed by atoms with E-state index in [4.69, 9.17) is 4.74 Å². The zero-order valence-corrected chi connectivity index (χ0v) is 9.79. The topological polar surface area (TPSA) is 63.7 Å². The molecule has 0 saturated heterocycles. The molecule has 1 heterocycles. The van der Waals surface area contributed by atoms with E-state index in [1.807, 2.05) is 43.3 Å². The first-order chi connectivity index (χ1) is 8.84. The van der Waals surface area contributed by atoms with E-state index >= 15 is 0 Å². The number of fused-ring (bicyclic) bond motifs is 1. The number of aromatic amines is 1. The highest BCUT2D eigenvalue weighted by Crippen LogP contribution is 2.27. The summed E-state index contributed by atoms with van der Waals surface area (Å²) < 4.78 is 5.84. The molecule has 1 atom stereocenters. The van der Waals surface area contributed by atoms with Crippen LogP contribution in [0, 0.1) is 6.07 Å². The molecule has 1 N–H and O–H groups in total. The van der Waals surface area contributed by atoms with Crippen molar-refractivity contribution in [2.24, 2.45) is 0 Å². The number of nitrogens with one attached hydrogen (secondary N) is 1.